The van der Waals surface area contributed by atoms with Gasteiger partial charge in [0.15, 0.2) is 17.3 Å². The molecular weight excluding hydrogens is 234 g/mol. The summed E-state index contributed by atoms with van der Waals surface area (Å²) >= 11 is 0. The first-order valence-corrected chi connectivity index (χ1v) is 5.67. The van der Waals surface area contributed by atoms with Crippen LogP contribution < -0.4 is 15.2 Å². The second-order valence-electron chi connectivity index (χ2n) is 3.74. The minimum atomic E-state index is -0.520. The molecule has 5 heteroatoms. The van der Waals surface area contributed by atoms with Crippen LogP contribution in [0.15, 0.2) is 18.2 Å². The first kappa shape index (κ1) is 14.5. The molecule has 0 saturated carbocycles. The van der Waals surface area contributed by atoms with Crippen molar-refractivity contribution < 1.29 is 19.0 Å². The van der Waals surface area contributed by atoms with Gasteiger partial charge in [0.05, 0.1) is 14.2 Å². The van der Waals surface area contributed by atoms with E-state index in [1.54, 1.807) is 25.3 Å². The zero-order chi connectivity index (χ0) is 13.5. The Labute approximate surface area is 107 Å². The van der Waals surface area contributed by atoms with Crippen LogP contribution >= 0.6 is 0 Å². The van der Waals surface area contributed by atoms with Crippen LogP contribution in [0.25, 0.3) is 0 Å². The Kier molecular flexibility index (Phi) is 5.61. The second kappa shape index (κ2) is 6.98. The van der Waals surface area contributed by atoms with E-state index in [9.17, 15) is 4.79 Å². The van der Waals surface area contributed by atoms with Gasteiger partial charge in [0.1, 0.15) is 6.10 Å². The van der Waals surface area contributed by atoms with E-state index >= 15 is 0 Å². The Morgan fingerprint density at radius 1 is 1.22 bits per heavy atom. The fourth-order valence-corrected chi connectivity index (χ4v) is 1.68. The first-order valence-electron chi connectivity index (χ1n) is 5.67. The number of Topliss-reactive ketones (excluding diaryl/α,β-unsaturated/α-hetero) is 1. The molecule has 1 rings (SSSR count). The van der Waals surface area contributed by atoms with Crippen molar-refractivity contribution in [2.45, 2.75) is 12.5 Å². The van der Waals surface area contributed by atoms with E-state index in [0.717, 1.165) is 0 Å². The van der Waals surface area contributed by atoms with E-state index in [1.165, 1.54) is 14.2 Å². The summed E-state index contributed by atoms with van der Waals surface area (Å²) in [5, 5.41) is 0. The maximum atomic E-state index is 12.2. The van der Waals surface area contributed by atoms with Crippen LogP contribution in [0.5, 0.6) is 11.5 Å². The van der Waals surface area contributed by atoms with Crippen molar-refractivity contribution in [1.29, 1.82) is 0 Å². The number of hydrogen-bond acceptors (Lipinski definition) is 5. The van der Waals surface area contributed by atoms with E-state index in [1.807, 2.05) is 0 Å². The molecule has 1 aromatic carbocycles. The lowest BCUT2D eigenvalue weighted by Gasteiger charge is -2.14. The Bertz CT molecular complexity index is 406. The third-order valence-electron chi connectivity index (χ3n) is 2.67. The SMILES string of the molecule is COc1ccc(C(=O)C(CCN)OC)cc1OC. The number of carbonyl (C=O) groups is 1. The van der Waals surface area contributed by atoms with Gasteiger partial charge in [-0.05, 0) is 31.2 Å². The van der Waals surface area contributed by atoms with Crippen LogP contribution in [-0.2, 0) is 4.74 Å². The second-order valence-corrected chi connectivity index (χ2v) is 3.74. The van der Waals surface area contributed by atoms with E-state index < -0.39 is 6.10 Å². The predicted molar refractivity (Wildman–Crippen MR) is 68.3 cm³/mol. The largest absolute Gasteiger partial charge is 0.493 e. The Morgan fingerprint density at radius 2 is 1.89 bits per heavy atom. The molecule has 5 nitrogen and oxygen atoms in total. The molecule has 1 aromatic rings. The fourth-order valence-electron chi connectivity index (χ4n) is 1.68. The summed E-state index contributed by atoms with van der Waals surface area (Å²) in [6, 6.07) is 5.02. The summed E-state index contributed by atoms with van der Waals surface area (Å²) in [6.45, 7) is 0.400. The number of rotatable bonds is 7. The van der Waals surface area contributed by atoms with Crippen molar-refractivity contribution >= 4 is 5.78 Å². The molecule has 0 aromatic heterocycles. The summed E-state index contributed by atoms with van der Waals surface area (Å²) in [6.07, 6.45) is -0.0305. The predicted octanol–water partition coefficient (Wildman–Crippen LogP) is 1.25. The van der Waals surface area contributed by atoms with Crippen molar-refractivity contribution in [3.63, 3.8) is 0 Å². The van der Waals surface area contributed by atoms with Crippen LogP contribution in [0.2, 0.25) is 0 Å². The number of carbonyl (C=O) groups excluding carboxylic acids is 1. The molecule has 0 fully saturated rings. The Hall–Kier alpha value is -1.59. The lowest BCUT2D eigenvalue weighted by atomic mass is 10.0. The molecule has 0 aliphatic carbocycles. The standard InChI is InChI=1S/C13H19NO4/c1-16-10-5-4-9(8-12(10)18-3)13(15)11(17-2)6-7-14/h4-5,8,11H,6-7,14H2,1-3H3. The number of ketones is 1. The third-order valence-corrected chi connectivity index (χ3v) is 2.67. The molecule has 0 spiro atoms. The number of methoxy groups -OCH3 is 3. The number of hydrogen-bond donors (Lipinski definition) is 1. The van der Waals surface area contributed by atoms with Gasteiger partial charge < -0.3 is 19.9 Å². The lowest BCUT2D eigenvalue weighted by molar-refractivity contribution is 0.0588. The van der Waals surface area contributed by atoms with Crippen LogP contribution in [0.4, 0.5) is 0 Å². The molecule has 0 radical (unpaired) electrons. The van der Waals surface area contributed by atoms with Gasteiger partial charge in [0, 0.05) is 12.7 Å². The first-order chi connectivity index (χ1) is 8.67. The molecule has 0 saturated heterocycles. The molecule has 18 heavy (non-hydrogen) atoms. The van der Waals surface area contributed by atoms with Crippen molar-refractivity contribution in [2.75, 3.05) is 27.9 Å². The number of benzene rings is 1. The van der Waals surface area contributed by atoms with E-state index in [0.29, 0.717) is 30.0 Å². The number of ether oxygens (including phenoxy) is 3. The normalized spacial score (nSPS) is 12.0. The van der Waals surface area contributed by atoms with Gasteiger partial charge in [-0.2, -0.15) is 0 Å². The van der Waals surface area contributed by atoms with Gasteiger partial charge in [0.2, 0.25) is 0 Å². The fraction of sp³-hybridized carbons (Fsp3) is 0.462. The zero-order valence-electron chi connectivity index (χ0n) is 10.9. The summed E-state index contributed by atoms with van der Waals surface area (Å²) in [5.41, 5.74) is 5.97. The smallest absolute Gasteiger partial charge is 0.191 e. The molecule has 0 bridgehead atoms. The molecule has 0 heterocycles. The Balaban J connectivity index is 2.98. The van der Waals surface area contributed by atoms with Gasteiger partial charge in [0.25, 0.3) is 0 Å². The molecule has 0 aliphatic rings. The summed E-state index contributed by atoms with van der Waals surface area (Å²) < 4.78 is 15.4. The van der Waals surface area contributed by atoms with Crippen LogP contribution in [-0.4, -0.2) is 39.8 Å². The molecule has 2 N–H and O–H groups in total. The van der Waals surface area contributed by atoms with Gasteiger partial charge >= 0.3 is 0 Å². The average molecular weight is 253 g/mol. The highest BCUT2D eigenvalue weighted by Crippen LogP contribution is 2.28. The van der Waals surface area contributed by atoms with Crippen molar-refractivity contribution in [2.24, 2.45) is 5.73 Å². The zero-order valence-corrected chi connectivity index (χ0v) is 10.9. The summed E-state index contributed by atoms with van der Waals surface area (Å²) in [7, 11) is 4.57. The van der Waals surface area contributed by atoms with Crippen LogP contribution in [0.3, 0.4) is 0 Å². The average Bonchev–Trinajstić information content (AvgIpc) is 2.43. The topological polar surface area (TPSA) is 70.8 Å². The minimum Gasteiger partial charge on any atom is -0.493 e. The summed E-state index contributed by atoms with van der Waals surface area (Å²) in [4.78, 5) is 12.2. The van der Waals surface area contributed by atoms with Gasteiger partial charge in [-0.25, -0.2) is 0 Å². The van der Waals surface area contributed by atoms with E-state index in [4.69, 9.17) is 19.9 Å². The molecular formula is C13H19NO4. The highest BCUT2D eigenvalue weighted by Gasteiger charge is 2.20. The lowest BCUT2D eigenvalue weighted by Crippen LogP contribution is -2.26. The quantitative estimate of drug-likeness (QED) is 0.740. The molecule has 0 amide bonds. The third kappa shape index (κ3) is 3.21. The van der Waals surface area contributed by atoms with Crippen molar-refractivity contribution in [3.8, 4) is 11.5 Å². The molecule has 1 unspecified atom stereocenters. The highest BCUT2D eigenvalue weighted by molar-refractivity contribution is 6.00. The van der Waals surface area contributed by atoms with Crippen molar-refractivity contribution in [1.82, 2.24) is 0 Å². The maximum Gasteiger partial charge on any atom is 0.191 e. The maximum absolute atomic E-state index is 12.2. The van der Waals surface area contributed by atoms with Gasteiger partial charge in [-0.1, -0.05) is 0 Å². The minimum absolute atomic E-state index is 0.107. The van der Waals surface area contributed by atoms with Gasteiger partial charge in [-0.3, -0.25) is 4.79 Å². The number of nitrogens with two attached hydrogens (primary N) is 1. The summed E-state index contributed by atoms with van der Waals surface area (Å²) in [5.74, 6) is 0.997. The van der Waals surface area contributed by atoms with Crippen LogP contribution in [0.1, 0.15) is 16.8 Å². The van der Waals surface area contributed by atoms with E-state index in [-0.39, 0.29) is 5.78 Å². The Morgan fingerprint density at radius 3 is 2.39 bits per heavy atom. The van der Waals surface area contributed by atoms with Crippen molar-refractivity contribution in [3.05, 3.63) is 23.8 Å². The molecule has 0 aliphatic heterocycles. The van der Waals surface area contributed by atoms with E-state index in [2.05, 4.69) is 0 Å². The monoisotopic (exact) mass is 253 g/mol. The van der Waals surface area contributed by atoms with Gasteiger partial charge in [-0.15, -0.1) is 0 Å². The molecule has 100 valence electrons. The van der Waals surface area contributed by atoms with Crippen LogP contribution in [0, 0.1) is 0 Å². The highest BCUT2D eigenvalue weighted by atomic mass is 16.5. The molecule has 1 atom stereocenters.